The Balaban J connectivity index is 1.64. The summed E-state index contributed by atoms with van der Waals surface area (Å²) in [7, 11) is 1.68. The molecule has 0 bridgehead atoms. The lowest BCUT2D eigenvalue weighted by atomic mass is 10.00. The first-order valence-electron chi connectivity index (χ1n) is 11.1. The van der Waals surface area contributed by atoms with Gasteiger partial charge in [-0.1, -0.05) is 18.5 Å². The molecule has 3 heterocycles. The highest BCUT2D eigenvalue weighted by atomic mass is 35.5. The third-order valence-electron chi connectivity index (χ3n) is 6.13. The van der Waals surface area contributed by atoms with Crippen molar-refractivity contribution in [3.05, 3.63) is 45.8 Å². The van der Waals surface area contributed by atoms with E-state index < -0.39 is 6.10 Å². The number of fused-ring (bicyclic) bond motifs is 1. The number of piperidine rings is 1. The van der Waals surface area contributed by atoms with Gasteiger partial charge in [-0.2, -0.15) is 4.98 Å². The maximum atomic E-state index is 12.6. The first-order chi connectivity index (χ1) is 15.7. The molecule has 1 aliphatic rings. The fraction of sp³-hybridized carbons (Fsp3) is 0.417. The predicted molar refractivity (Wildman–Crippen MR) is 131 cm³/mol. The molecule has 1 atom stereocenters. The predicted octanol–water partition coefficient (Wildman–Crippen LogP) is 4.32. The minimum absolute atomic E-state index is 0.131. The second-order valence-corrected chi connectivity index (χ2v) is 9.09. The summed E-state index contributed by atoms with van der Waals surface area (Å²) in [5.41, 5.74) is 1.20. The molecule has 1 saturated heterocycles. The smallest absolute Gasteiger partial charge is 0.293 e. The first kappa shape index (κ1) is 23.0. The fourth-order valence-electron chi connectivity index (χ4n) is 3.83. The number of rotatable bonds is 6. The maximum absolute atomic E-state index is 12.6. The number of aryl methyl sites for hydroxylation is 1. The van der Waals surface area contributed by atoms with Crippen LogP contribution < -0.4 is 20.5 Å². The highest BCUT2D eigenvalue weighted by Gasteiger charge is 2.19. The molecule has 0 aliphatic carbocycles. The molecule has 9 heteroatoms. The summed E-state index contributed by atoms with van der Waals surface area (Å²) in [5.74, 6) is 1.88. The van der Waals surface area contributed by atoms with Crippen molar-refractivity contribution in [3.63, 3.8) is 0 Å². The molecule has 2 aromatic heterocycles. The summed E-state index contributed by atoms with van der Waals surface area (Å²) in [4.78, 5) is 35.5. The van der Waals surface area contributed by atoms with E-state index in [0.717, 1.165) is 42.5 Å². The summed E-state index contributed by atoms with van der Waals surface area (Å²) in [6.07, 6.45) is 3.15. The number of aromatic nitrogens is 3. The van der Waals surface area contributed by atoms with E-state index in [1.807, 2.05) is 18.2 Å². The van der Waals surface area contributed by atoms with Gasteiger partial charge in [0.2, 0.25) is 5.95 Å². The van der Waals surface area contributed by atoms with Crippen LogP contribution in [0.1, 0.15) is 33.6 Å². The number of nitrogens with zero attached hydrogens (tertiary/aromatic N) is 4. The summed E-state index contributed by atoms with van der Waals surface area (Å²) >= 11 is 6.38. The van der Waals surface area contributed by atoms with Gasteiger partial charge in [0.05, 0.1) is 11.7 Å². The Bertz CT molecular complexity index is 1250. The van der Waals surface area contributed by atoms with Gasteiger partial charge in [-0.15, -0.1) is 0 Å². The molecule has 0 radical (unpaired) electrons. The van der Waals surface area contributed by atoms with Crippen molar-refractivity contribution in [2.24, 2.45) is 13.0 Å². The number of anilines is 3. The van der Waals surface area contributed by atoms with Gasteiger partial charge in [-0.25, -0.2) is 4.98 Å². The van der Waals surface area contributed by atoms with Crippen LogP contribution in [-0.2, 0) is 11.8 Å². The molecule has 1 fully saturated rings. The Kier molecular flexibility index (Phi) is 6.56. The van der Waals surface area contributed by atoms with Crippen LogP contribution in [-0.4, -0.2) is 39.5 Å². The number of nitrogens with one attached hydrogen (secondary N) is 1. The van der Waals surface area contributed by atoms with Crippen molar-refractivity contribution in [3.8, 4) is 5.75 Å². The molecule has 4 rings (SSSR count). The van der Waals surface area contributed by atoms with Crippen molar-refractivity contribution in [1.82, 2.24) is 14.5 Å². The van der Waals surface area contributed by atoms with Crippen molar-refractivity contribution >= 4 is 45.7 Å². The van der Waals surface area contributed by atoms with E-state index >= 15 is 0 Å². The number of hydrogen-bond donors (Lipinski definition) is 1. The molecule has 0 amide bonds. The van der Waals surface area contributed by atoms with E-state index in [2.05, 4.69) is 27.1 Å². The summed E-state index contributed by atoms with van der Waals surface area (Å²) in [6, 6.07) is 7.26. The molecule has 0 spiro atoms. The number of halogens is 1. The van der Waals surface area contributed by atoms with Gasteiger partial charge in [0.15, 0.2) is 23.5 Å². The number of benzene rings is 1. The number of pyridine rings is 1. The second kappa shape index (κ2) is 9.39. The lowest BCUT2D eigenvalue weighted by Gasteiger charge is -2.30. The van der Waals surface area contributed by atoms with E-state index in [1.165, 1.54) is 11.5 Å². The molecule has 174 valence electrons. The van der Waals surface area contributed by atoms with Crippen LogP contribution in [0.3, 0.4) is 0 Å². The standard InChI is InChI=1S/C24H28ClN5O3/c1-14-7-9-30(10-8-14)24-26-13-19(25)22(28-24)27-18-5-6-20-17(11-18)12-21(23(32)29(20)4)33-16(3)15(2)31/h5-6,11-14,16H,7-10H2,1-4H3,(H,26,27,28). The third kappa shape index (κ3) is 4.95. The summed E-state index contributed by atoms with van der Waals surface area (Å²) < 4.78 is 7.12. The Hall–Kier alpha value is -3.13. The van der Waals surface area contributed by atoms with Gasteiger partial charge in [-0.3, -0.25) is 9.59 Å². The molecule has 1 N–H and O–H groups in total. The zero-order valence-electron chi connectivity index (χ0n) is 19.3. The van der Waals surface area contributed by atoms with Crippen LogP contribution in [0, 0.1) is 5.92 Å². The molecule has 0 saturated carbocycles. The molecule has 1 aromatic carbocycles. The molecule has 3 aromatic rings. The highest BCUT2D eigenvalue weighted by molar-refractivity contribution is 6.32. The van der Waals surface area contributed by atoms with Crippen LogP contribution in [0.2, 0.25) is 5.02 Å². The van der Waals surface area contributed by atoms with Gasteiger partial charge in [0, 0.05) is 31.2 Å². The zero-order chi connectivity index (χ0) is 23.7. The number of carbonyl (C=O) groups is 1. The van der Waals surface area contributed by atoms with E-state index in [4.69, 9.17) is 16.3 Å². The van der Waals surface area contributed by atoms with Gasteiger partial charge in [-0.05, 0) is 56.9 Å². The molecule has 1 unspecified atom stereocenters. The Morgan fingerprint density at radius 2 is 2.00 bits per heavy atom. The van der Waals surface area contributed by atoms with Crippen LogP contribution >= 0.6 is 11.6 Å². The lowest BCUT2D eigenvalue weighted by Crippen LogP contribution is -2.34. The first-order valence-corrected chi connectivity index (χ1v) is 11.5. The Labute approximate surface area is 197 Å². The Morgan fingerprint density at radius 3 is 2.70 bits per heavy atom. The quantitative estimate of drug-likeness (QED) is 0.575. The van der Waals surface area contributed by atoms with Crippen LogP contribution in [0.25, 0.3) is 10.9 Å². The number of carbonyl (C=O) groups excluding carboxylic acids is 1. The van der Waals surface area contributed by atoms with Crippen LogP contribution in [0.4, 0.5) is 17.5 Å². The molecule has 33 heavy (non-hydrogen) atoms. The monoisotopic (exact) mass is 469 g/mol. The fourth-order valence-corrected chi connectivity index (χ4v) is 3.97. The second-order valence-electron chi connectivity index (χ2n) is 8.68. The van der Waals surface area contributed by atoms with Gasteiger partial charge in [0.25, 0.3) is 5.56 Å². The minimum Gasteiger partial charge on any atom is -0.477 e. The molecule has 1 aliphatic heterocycles. The van der Waals surface area contributed by atoms with E-state index in [9.17, 15) is 9.59 Å². The normalized spacial score (nSPS) is 15.5. The van der Waals surface area contributed by atoms with Crippen LogP contribution in [0.15, 0.2) is 35.3 Å². The number of ether oxygens (including phenoxy) is 1. The zero-order valence-corrected chi connectivity index (χ0v) is 20.0. The lowest BCUT2D eigenvalue weighted by molar-refractivity contribution is -0.122. The van der Waals surface area contributed by atoms with E-state index in [0.29, 0.717) is 22.7 Å². The summed E-state index contributed by atoms with van der Waals surface area (Å²) in [6.45, 7) is 7.17. The minimum atomic E-state index is -0.701. The average Bonchev–Trinajstić information content (AvgIpc) is 2.79. The highest BCUT2D eigenvalue weighted by Crippen LogP contribution is 2.29. The maximum Gasteiger partial charge on any atom is 0.293 e. The van der Waals surface area contributed by atoms with Crippen molar-refractivity contribution in [2.75, 3.05) is 23.3 Å². The van der Waals surface area contributed by atoms with Gasteiger partial charge >= 0.3 is 0 Å². The number of ketones is 1. The van der Waals surface area contributed by atoms with E-state index in [-0.39, 0.29) is 17.1 Å². The van der Waals surface area contributed by atoms with E-state index in [1.54, 1.807) is 26.2 Å². The van der Waals surface area contributed by atoms with Crippen molar-refractivity contribution in [2.45, 2.75) is 39.7 Å². The largest absolute Gasteiger partial charge is 0.477 e. The average molecular weight is 470 g/mol. The SMILES string of the molecule is CC(=O)C(C)Oc1cc2cc(Nc3nc(N4CCC(C)CC4)ncc3Cl)ccc2n(C)c1=O. The molecular formula is C24H28ClN5O3. The van der Waals surface area contributed by atoms with Crippen LogP contribution in [0.5, 0.6) is 5.75 Å². The topological polar surface area (TPSA) is 89.3 Å². The number of hydrogen-bond acceptors (Lipinski definition) is 7. The number of Topliss-reactive ketones (excluding diaryl/α,β-unsaturated/α-hetero) is 1. The van der Waals surface area contributed by atoms with Gasteiger partial charge < -0.3 is 19.5 Å². The Morgan fingerprint density at radius 1 is 1.27 bits per heavy atom. The third-order valence-corrected chi connectivity index (χ3v) is 6.40. The van der Waals surface area contributed by atoms with Crippen molar-refractivity contribution < 1.29 is 9.53 Å². The van der Waals surface area contributed by atoms with Crippen molar-refractivity contribution in [1.29, 1.82) is 0 Å². The summed E-state index contributed by atoms with van der Waals surface area (Å²) in [5, 5.41) is 4.47. The molecule has 8 nitrogen and oxygen atoms in total. The van der Waals surface area contributed by atoms with Gasteiger partial charge in [0.1, 0.15) is 5.02 Å². The molecular weight excluding hydrogens is 442 g/mol.